The first-order chi connectivity index (χ1) is 30.9. The van der Waals surface area contributed by atoms with Gasteiger partial charge in [-0.3, -0.25) is 0 Å². The van der Waals surface area contributed by atoms with Crippen LogP contribution in [0.3, 0.4) is 0 Å². The summed E-state index contributed by atoms with van der Waals surface area (Å²) in [6.45, 7) is 7.35. The van der Waals surface area contributed by atoms with E-state index in [1.165, 1.54) is 12.8 Å². The van der Waals surface area contributed by atoms with Crippen molar-refractivity contribution in [3.63, 3.8) is 0 Å². The summed E-state index contributed by atoms with van der Waals surface area (Å²) in [5, 5.41) is 30.3. The molecule has 0 radical (unpaired) electrons. The normalized spacial score (nSPS) is 13.0. The minimum absolute atomic E-state index is 0.459. The molecule has 0 N–H and O–H groups in total. The average molecular weight is 865 g/mol. The molecule has 6 heteroatoms. The lowest BCUT2D eigenvalue weighted by Gasteiger charge is -2.34. The molecule has 7 aromatic carbocycles. The predicted octanol–water partition coefficient (Wildman–Crippen LogP) is 12.0. The van der Waals surface area contributed by atoms with E-state index in [1.54, 1.807) is 7.11 Å². The molecule has 0 bridgehead atoms. The van der Waals surface area contributed by atoms with Crippen LogP contribution in [0.4, 0.5) is 0 Å². The Labute approximate surface area is 376 Å². The highest BCUT2D eigenvalue weighted by atomic mass is 31.2. The largest absolute Gasteiger partial charge is 0.496 e. The van der Waals surface area contributed by atoms with Gasteiger partial charge >= 0.3 is 0 Å². The minimum atomic E-state index is -2.79. The van der Waals surface area contributed by atoms with E-state index in [0.29, 0.717) is 29.9 Å². The van der Waals surface area contributed by atoms with Gasteiger partial charge in [-0.05, 0) is 103 Å². The molecule has 316 valence electrons. The van der Waals surface area contributed by atoms with Crippen LogP contribution in [0.1, 0.15) is 68.9 Å². The summed E-state index contributed by atoms with van der Waals surface area (Å²) in [5.74, 6) is 2.31. The first-order valence-electron chi connectivity index (χ1n) is 22.1. The molecule has 0 saturated heterocycles. The lowest BCUT2D eigenvalue weighted by molar-refractivity contribution is 0.273. The quantitative estimate of drug-likeness (QED) is 0.0760. The highest BCUT2D eigenvalue weighted by Crippen LogP contribution is 2.70. The predicted molar refractivity (Wildman–Crippen MR) is 268 cm³/mol. The van der Waals surface area contributed by atoms with E-state index in [2.05, 4.69) is 185 Å². The molecule has 0 spiro atoms. The van der Waals surface area contributed by atoms with Gasteiger partial charge in [-0.2, -0.15) is 10.5 Å². The van der Waals surface area contributed by atoms with E-state index in [0.717, 1.165) is 55.8 Å². The average Bonchev–Trinajstić information content (AvgIpc) is 3.34. The number of ether oxygens (including phenoxy) is 2. The smallest absolute Gasteiger partial charge is 0.197 e. The Hall–Kier alpha value is -6.02. The fourth-order valence-corrected chi connectivity index (χ4v) is 18.2. The molecular formula is C57H58N2O2P2+2. The first-order valence-corrected chi connectivity index (χ1v) is 25.9. The van der Waals surface area contributed by atoms with Crippen LogP contribution in [0.2, 0.25) is 0 Å². The Balaban J connectivity index is 1.51. The van der Waals surface area contributed by atoms with Crippen LogP contribution in [-0.2, 0) is 0 Å². The molecule has 0 aliphatic carbocycles. The first kappa shape index (κ1) is 45.0. The number of hydrogen-bond donors (Lipinski definition) is 0. The van der Waals surface area contributed by atoms with Crippen LogP contribution in [0.15, 0.2) is 194 Å². The Bertz CT molecular complexity index is 2380. The number of nitrogens with zero attached hydrogens (tertiary/aromatic N) is 2. The van der Waals surface area contributed by atoms with Gasteiger partial charge in [0, 0.05) is 0 Å². The molecular weight excluding hydrogens is 807 g/mol. The Kier molecular flexibility index (Phi) is 15.3. The van der Waals surface area contributed by atoms with Crippen LogP contribution < -0.4 is 41.3 Å². The minimum Gasteiger partial charge on any atom is -0.496 e. The molecule has 3 atom stereocenters. The SMILES string of the molecule is COc1cc(C(C#N)[P+](c2ccccc2)(c2ccccc2)c2ccccc2)c(OCCC(C)CCCC(C)C)cc1C(C#N)[P+](c1ccccc1)(c1ccccc1)c1ccccc1. The van der Waals surface area contributed by atoms with Gasteiger partial charge < -0.3 is 9.47 Å². The van der Waals surface area contributed by atoms with E-state index >= 15 is 0 Å². The van der Waals surface area contributed by atoms with Crippen molar-refractivity contribution in [2.45, 2.75) is 57.8 Å². The van der Waals surface area contributed by atoms with Crippen molar-refractivity contribution in [3.8, 4) is 23.6 Å². The zero-order valence-electron chi connectivity index (χ0n) is 36.9. The zero-order valence-corrected chi connectivity index (χ0v) is 38.7. The number of benzene rings is 7. The van der Waals surface area contributed by atoms with Gasteiger partial charge in [0.1, 0.15) is 70.0 Å². The lowest BCUT2D eigenvalue weighted by atomic mass is 9.97. The summed E-state index contributed by atoms with van der Waals surface area (Å²) < 4.78 is 13.6. The molecule has 4 nitrogen and oxygen atoms in total. The molecule has 0 amide bonds. The van der Waals surface area contributed by atoms with Crippen molar-refractivity contribution in [1.29, 1.82) is 10.5 Å². The third-order valence-corrected chi connectivity index (χ3v) is 21.3. The molecule has 7 aromatic rings. The summed E-state index contributed by atoms with van der Waals surface area (Å²) >= 11 is 0. The summed E-state index contributed by atoms with van der Waals surface area (Å²) in [6, 6.07) is 73.0. The topological polar surface area (TPSA) is 66.0 Å². The maximum absolute atomic E-state index is 11.9. The van der Waals surface area contributed by atoms with Crippen LogP contribution in [-0.4, -0.2) is 13.7 Å². The highest BCUT2D eigenvalue weighted by molar-refractivity contribution is 7.96. The second-order valence-electron chi connectivity index (χ2n) is 16.7. The van der Waals surface area contributed by atoms with Gasteiger partial charge in [0.05, 0.1) is 24.8 Å². The molecule has 0 aliphatic rings. The number of hydrogen-bond acceptors (Lipinski definition) is 4. The molecule has 0 aromatic heterocycles. The summed E-state index contributed by atoms with van der Waals surface area (Å²) in [4.78, 5) is 0. The standard InChI is InChI=1S/C57H58N2O2P2/c1-44(2)24-23-25-45(3)38-39-61-55-41-52(56(42-58)62(46-26-11-5-12-27-46,47-28-13-6-14-29-47)48-30-15-7-16-31-48)54(60-4)40-53(55)57(43-59)63(49-32-17-8-18-33-49,50-34-19-9-20-35-50)51-36-21-10-22-37-51/h5-22,26-37,40-41,44-45,56-57H,23-25,38-39H2,1-4H3/q+2. The second-order valence-corrected chi connectivity index (χ2v) is 23.7. The monoisotopic (exact) mass is 864 g/mol. The van der Waals surface area contributed by atoms with Crippen molar-refractivity contribution >= 4 is 46.4 Å². The fraction of sp³-hybridized carbons (Fsp3) is 0.228. The number of methoxy groups -OCH3 is 1. The van der Waals surface area contributed by atoms with Crippen molar-refractivity contribution in [2.75, 3.05) is 13.7 Å². The van der Waals surface area contributed by atoms with Crippen LogP contribution in [0.25, 0.3) is 0 Å². The number of nitriles is 2. The summed E-state index contributed by atoms with van der Waals surface area (Å²) in [6.07, 6.45) is 4.38. The molecule has 0 fully saturated rings. The summed E-state index contributed by atoms with van der Waals surface area (Å²) in [5.41, 5.74) is 0.149. The van der Waals surface area contributed by atoms with Crippen molar-refractivity contribution < 1.29 is 9.47 Å². The van der Waals surface area contributed by atoms with Crippen LogP contribution in [0, 0.1) is 34.5 Å². The molecule has 63 heavy (non-hydrogen) atoms. The van der Waals surface area contributed by atoms with E-state index in [1.807, 2.05) is 42.5 Å². The Morgan fingerprint density at radius 3 is 1.06 bits per heavy atom. The van der Waals surface area contributed by atoms with Crippen molar-refractivity contribution in [1.82, 2.24) is 0 Å². The van der Waals surface area contributed by atoms with Gasteiger partial charge in [-0.1, -0.05) is 149 Å². The third kappa shape index (κ3) is 9.36. The number of rotatable bonds is 19. The Morgan fingerprint density at radius 2 is 0.762 bits per heavy atom. The maximum atomic E-state index is 11.9. The van der Waals surface area contributed by atoms with Gasteiger partial charge in [0.15, 0.2) is 11.3 Å². The van der Waals surface area contributed by atoms with E-state index < -0.39 is 25.8 Å². The summed E-state index contributed by atoms with van der Waals surface area (Å²) in [7, 11) is -3.90. The molecule has 0 saturated carbocycles. The lowest BCUT2D eigenvalue weighted by Crippen LogP contribution is -2.35. The fourth-order valence-electron chi connectivity index (χ4n) is 9.21. The zero-order chi connectivity index (χ0) is 44.1. The maximum Gasteiger partial charge on any atom is 0.197 e. The van der Waals surface area contributed by atoms with E-state index in [9.17, 15) is 10.5 Å². The van der Waals surface area contributed by atoms with Crippen molar-refractivity contribution in [3.05, 3.63) is 205 Å². The highest BCUT2D eigenvalue weighted by Gasteiger charge is 2.57. The molecule has 0 heterocycles. The van der Waals surface area contributed by atoms with Gasteiger partial charge in [-0.25, -0.2) is 0 Å². The third-order valence-electron chi connectivity index (χ3n) is 12.3. The molecule has 7 rings (SSSR count). The van der Waals surface area contributed by atoms with E-state index in [-0.39, 0.29) is 0 Å². The van der Waals surface area contributed by atoms with E-state index in [4.69, 9.17) is 9.47 Å². The van der Waals surface area contributed by atoms with Crippen LogP contribution in [0.5, 0.6) is 11.5 Å². The van der Waals surface area contributed by atoms with Gasteiger partial charge in [0.2, 0.25) is 0 Å². The van der Waals surface area contributed by atoms with Crippen LogP contribution >= 0.6 is 14.5 Å². The van der Waals surface area contributed by atoms with Gasteiger partial charge in [0.25, 0.3) is 0 Å². The van der Waals surface area contributed by atoms with Crippen molar-refractivity contribution in [2.24, 2.45) is 11.8 Å². The van der Waals surface area contributed by atoms with Gasteiger partial charge in [-0.15, -0.1) is 0 Å². The molecule has 0 aliphatic heterocycles. The second kappa shape index (κ2) is 21.4. The Morgan fingerprint density at radius 1 is 0.444 bits per heavy atom. The molecule has 3 unspecified atom stereocenters.